The van der Waals surface area contributed by atoms with Gasteiger partial charge >= 0.3 is 0 Å². The van der Waals surface area contributed by atoms with E-state index >= 15 is 0 Å². The van der Waals surface area contributed by atoms with Crippen LogP contribution in [-0.4, -0.2) is 9.13 Å². The van der Waals surface area contributed by atoms with Crippen molar-refractivity contribution >= 4 is 75.9 Å². The standard InChI is InChI=1S/3C16H16.2C14H13N.C12H12.2C11H10/c1-11-7-6-9-13-12-8-4-5-10-14(12)16(2,3)15(11)13;1-11-7-6-10-14-15(11)12-8-4-5-9-13(12)16(14,2)3;1-11-8-9-15-13(10-11)12-6-4-5-7-14(12)16(15,2)3;1-10-7-8-14-12(9-10)11-5-3-4-6-13(11)15(14)2;1-10-7-8-12-11-5-3-4-6-13(11)15(2)14(12)9-10;1-9-3-5-12-8-10(2)4-6-11(12)7-9;1-9-5-4-7-10-6-2-3-8-11(9)10;1-9-6-7-10-4-2-3-5-11(10)8-9/h3*4-10H,1-3H3;2*3-9H,1-2H3;3-8H,1-2H3;2*2-8H,1H3. The number of rotatable bonds is 0. The summed E-state index contributed by atoms with van der Waals surface area (Å²) >= 11 is 0. The Morgan fingerprint density at radius 3 is 1.19 bits per heavy atom. The van der Waals surface area contributed by atoms with E-state index in [1.807, 2.05) is 0 Å². The van der Waals surface area contributed by atoms with Gasteiger partial charge in [-0.15, -0.1) is 0 Å². The Labute approximate surface area is 665 Å². The van der Waals surface area contributed by atoms with E-state index in [2.05, 4.69) is 461 Å². The molecule has 0 N–H and O–H groups in total. The Balaban J connectivity index is 0.000000107. The lowest BCUT2D eigenvalue weighted by molar-refractivity contribution is 0.655. The number of fused-ring (bicyclic) bond motifs is 18. The molecule has 0 unspecified atom stereocenters. The normalized spacial score (nSPS) is 12.9. The maximum atomic E-state index is 2.32. The topological polar surface area (TPSA) is 9.86 Å². The van der Waals surface area contributed by atoms with Gasteiger partial charge in [-0.05, 0) is 214 Å². The van der Waals surface area contributed by atoms with E-state index in [0.29, 0.717) is 0 Å². The third-order valence-electron chi connectivity index (χ3n) is 23.5. The Hall–Kier alpha value is -12.1. The lowest BCUT2D eigenvalue weighted by Gasteiger charge is -2.23. The van der Waals surface area contributed by atoms with Gasteiger partial charge in [-0.1, -0.05) is 373 Å². The largest absolute Gasteiger partial charge is 0.344 e. The fourth-order valence-electron chi connectivity index (χ4n) is 17.6. The molecule has 0 radical (unpaired) electrons. The molecule has 112 heavy (non-hydrogen) atoms. The van der Waals surface area contributed by atoms with Crippen molar-refractivity contribution in [2.24, 2.45) is 14.1 Å². The second-order valence-corrected chi connectivity index (χ2v) is 32.7. The SMILES string of the molecule is Cc1ccc2c(c1)-c1ccccc1C2(C)C.Cc1ccc2c(c1)c1ccccc1n2C.Cc1ccc2c3ccccc3n(C)c2c1.Cc1ccc2cc(C)ccc2c1.Cc1ccc2ccccc2c1.Cc1cccc2c1-c1ccccc1C2(C)C.Cc1cccc2c1C(C)(C)c1ccccc1-2.Cc1cccc2ccccc12. The first-order valence-electron chi connectivity index (χ1n) is 39.7. The summed E-state index contributed by atoms with van der Waals surface area (Å²) in [5, 5.41) is 13.4. The molecule has 16 aromatic carbocycles. The monoisotopic (exact) mass is 1450 g/mol. The zero-order valence-electron chi connectivity index (χ0n) is 68.6. The van der Waals surface area contributed by atoms with Crippen molar-refractivity contribution in [2.75, 3.05) is 0 Å². The summed E-state index contributed by atoms with van der Waals surface area (Å²) in [6.45, 7) is 33.3. The van der Waals surface area contributed by atoms with Crippen LogP contribution < -0.4 is 0 Å². The van der Waals surface area contributed by atoms with Crippen molar-refractivity contribution < 1.29 is 0 Å². The van der Waals surface area contributed by atoms with Gasteiger partial charge in [-0.2, -0.15) is 0 Å². The molecule has 0 bridgehead atoms. The van der Waals surface area contributed by atoms with Crippen LogP contribution in [0.2, 0.25) is 0 Å². The summed E-state index contributed by atoms with van der Waals surface area (Å²) in [5.41, 5.74) is 35.1. The second kappa shape index (κ2) is 32.1. The zero-order chi connectivity index (χ0) is 78.8. The second-order valence-electron chi connectivity index (χ2n) is 32.7. The summed E-state index contributed by atoms with van der Waals surface area (Å²) < 4.78 is 4.52. The number of benzene rings is 16. The maximum absolute atomic E-state index is 2.32. The van der Waals surface area contributed by atoms with E-state index in [4.69, 9.17) is 0 Å². The summed E-state index contributed by atoms with van der Waals surface area (Å²) in [7, 11) is 4.25. The fraction of sp³-hybridized carbons (Fsp3) is 0.182. The van der Waals surface area contributed by atoms with Gasteiger partial charge in [0.25, 0.3) is 0 Å². The minimum Gasteiger partial charge on any atom is -0.344 e. The number of para-hydroxylation sites is 2. The van der Waals surface area contributed by atoms with Crippen LogP contribution >= 0.6 is 0 Å². The minimum absolute atomic E-state index is 0.150. The van der Waals surface area contributed by atoms with Crippen molar-refractivity contribution in [1.82, 2.24) is 9.13 Å². The highest BCUT2D eigenvalue weighted by atomic mass is 14.9. The van der Waals surface area contributed by atoms with Crippen molar-refractivity contribution in [3.05, 3.63) is 417 Å². The predicted molar refractivity (Wildman–Crippen MR) is 487 cm³/mol. The molecule has 2 heteroatoms. The van der Waals surface area contributed by atoms with Crippen molar-refractivity contribution in [3.63, 3.8) is 0 Å². The smallest absolute Gasteiger partial charge is 0.0491 e. The first-order chi connectivity index (χ1) is 53.9. The Morgan fingerprint density at radius 1 is 0.196 bits per heavy atom. The van der Waals surface area contributed by atoms with Crippen molar-refractivity contribution in [3.8, 4) is 33.4 Å². The number of hydrogen-bond donors (Lipinski definition) is 0. The van der Waals surface area contributed by atoms with E-state index in [1.165, 1.54) is 193 Å². The molecule has 0 spiro atoms. The van der Waals surface area contributed by atoms with Gasteiger partial charge in [0.1, 0.15) is 0 Å². The number of nitrogens with zero attached hydrogens (tertiary/aromatic N) is 2. The van der Waals surface area contributed by atoms with Crippen molar-refractivity contribution in [1.29, 1.82) is 0 Å². The minimum atomic E-state index is 0.150. The first-order valence-corrected chi connectivity index (χ1v) is 39.7. The molecule has 0 aliphatic heterocycles. The van der Waals surface area contributed by atoms with Gasteiger partial charge in [0.2, 0.25) is 0 Å². The lowest BCUT2D eigenvalue weighted by atomic mass is 9.80. The molecular formula is C110H106N2. The first kappa shape index (κ1) is 76.7. The fourth-order valence-corrected chi connectivity index (χ4v) is 17.6. The molecule has 2 nitrogen and oxygen atoms in total. The summed E-state index contributed by atoms with van der Waals surface area (Å²) in [6, 6.07) is 120. The molecule has 0 atom stereocenters. The average Bonchev–Trinajstić information content (AvgIpc) is 1.59. The highest BCUT2D eigenvalue weighted by Crippen LogP contribution is 2.52. The molecule has 3 aliphatic rings. The Morgan fingerprint density at radius 2 is 0.554 bits per heavy atom. The molecule has 556 valence electrons. The molecule has 0 saturated carbocycles. The Kier molecular flexibility index (Phi) is 22.0. The van der Waals surface area contributed by atoms with Crippen LogP contribution in [0.4, 0.5) is 0 Å². The highest BCUT2D eigenvalue weighted by molar-refractivity contribution is 6.09. The van der Waals surface area contributed by atoms with E-state index in [-0.39, 0.29) is 16.2 Å². The number of aryl methyl sites for hydroxylation is 11. The number of hydrogen-bond acceptors (Lipinski definition) is 0. The van der Waals surface area contributed by atoms with Gasteiger partial charge in [0.05, 0.1) is 0 Å². The molecule has 21 rings (SSSR count). The van der Waals surface area contributed by atoms with E-state index in [9.17, 15) is 0 Å². The number of aromatic nitrogens is 2. The van der Waals surface area contributed by atoms with Crippen LogP contribution in [0.3, 0.4) is 0 Å². The van der Waals surface area contributed by atoms with Crippen molar-refractivity contribution in [2.45, 2.75) is 120 Å². The molecule has 18 aromatic rings. The zero-order valence-corrected chi connectivity index (χ0v) is 68.6. The molecule has 3 aliphatic carbocycles. The van der Waals surface area contributed by atoms with Crippen LogP contribution in [0.15, 0.2) is 334 Å². The van der Waals surface area contributed by atoms with E-state index < -0.39 is 0 Å². The quantitative estimate of drug-likeness (QED) is 0.143. The molecule has 0 saturated heterocycles. The molecular weight excluding hydrogens is 1350 g/mol. The highest BCUT2D eigenvalue weighted by Gasteiger charge is 2.38. The molecule has 0 fully saturated rings. The summed E-state index contributed by atoms with van der Waals surface area (Å²) in [4.78, 5) is 0. The third kappa shape index (κ3) is 15.3. The van der Waals surface area contributed by atoms with Crippen LogP contribution in [0, 0.1) is 62.3 Å². The Bertz CT molecular complexity index is 6430. The van der Waals surface area contributed by atoms with E-state index in [0.717, 1.165) is 0 Å². The lowest BCUT2D eigenvalue weighted by Crippen LogP contribution is -2.16. The molecule has 2 aromatic heterocycles. The van der Waals surface area contributed by atoms with Gasteiger partial charge in [-0.3, -0.25) is 0 Å². The van der Waals surface area contributed by atoms with Gasteiger partial charge in [0, 0.05) is 74.0 Å². The van der Waals surface area contributed by atoms with Crippen LogP contribution in [0.1, 0.15) is 125 Å². The van der Waals surface area contributed by atoms with E-state index in [1.54, 1.807) is 0 Å². The average molecular weight is 1460 g/mol. The maximum Gasteiger partial charge on any atom is 0.0491 e. The summed E-state index contributed by atoms with van der Waals surface area (Å²) in [5.74, 6) is 0. The molecule has 0 amide bonds. The summed E-state index contributed by atoms with van der Waals surface area (Å²) in [6.07, 6.45) is 0. The van der Waals surface area contributed by atoms with Gasteiger partial charge in [-0.25, -0.2) is 0 Å². The predicted octanol–water partition coefficient (Wildman–Crippen LogP) is 29.9. The molecule has 2 heterocycles. The van der Waals surface area contributed by atoms with Gasteiger partial charge < -0.3 is 9.13 Å². The van der Waals surface area contributed by atoms with Crippen LogP contribution in [0.5, 0.6) is 0 Å². The third-order valence-corrected chi connectivity index (χ3v) is 23.5. The van der Waals surface area contributed by atoms with Crippen LogP contribution in [0.25, 0.3) is 109 Å². The van der Waals surface area contributed by atoms with Crippen LogP contribution in [-0.2, 0) is 30.3 Å². The van der Waals surface area contributed by atoms with Gasteiger partial charge in [0.15, 0.2) is 0 Å².